The van der Waals surface area contributed by atoms with E-state index in [4.69, 9.17) is 4.74 Å². The Bertz CT molecular complexity index is 618. The van der Waals surface area contributed by atoms with Crippen molar-refractivity contribution in [1.82, 2.24) is 0 Å². The van der Waals surface area contributed by atoms with E-state index in [1.165, 1.54) is 19.2 Å². The van der Waals surface area contributed by atoms with E-state index in [9.17, 15) is 14.9 Å². The summed E-state index contributed by atoms with van der Waals surface area (Å²) in [7, 11) is 1.19. The fourth-order valence-electron chi connectivity index (χ4n) is 1.98. The average molecular weight is 289 g/mol. The van der Waals surface area contributed by atoms with Gasteiger partial charge in [-0.15, -0.1) is 0 Å². The summed E-state index contributed by atoms with van der Waals surface area (Å²) >= 11 is 0. The predicted octanol–water partition coefficient (Wildman–Crippen LogP) is 3.13. The first-order chi connectivity index (χ1) is 10.1. The molecule has 2 rings (SSSR count). The number of hydrogen-bond acceptors (Lipinski definition) is 5. The molecule has 0 radical (unpaired) electrons. The molecule has 0 heterocycles. The number of hydrogen-bond donors (Lipinski definition) is 0. The zero-order chi connectivity index (χ0) is 15.2. The standard InChI is InChI=1S/C15H15NO5/c1-20-15(17)13-8-7-11(9-14(13)16(18)19)10-21-12-5-3-2-4-6-12/h2-3,5,7-9H,4,6,10H2,1H3. The van der Waals surface area contributed by atoms with Crippen LogP contribution in [0.3, 0.4) is 0 Å². The highest BCUT2D eigenvalue weighted by atomic mass is 16.6. The molecule has 1 aliphatic carbocycles. The van der Waals surface area contributed by atoms with Gasteiger partial charge in [0.1, 0.15) is 12.2 Å². The monoisotopic (exact) mass is 289 g/mol. The van der Waals surface area contributed by atoms with Gasteiger partial charge < -0.3 is 9.47 Å². The van der Waals surface area contributed by atoms with Gasteiger partial charge in [-0.1, -0.05) is 18.2 Å². The van der Waals surface area contributed by atoms with Crippen molar-refractivity contribution in [2.24, 2.45) is 0 Å². The Balaban J connectivity index is 2.16. The van der Waals surface area contributed by atoms with E-state index in [1.54, 1.807) is 6.07 Å². The third kappa shape index (κ3) is 3.68. The first kappa shape index (κ1) is 14.8. The molecule has 0 aromatic heterocycles. The third-order valence-corrected chi connectivity index (χ3v) is 3.06. The van der Waals surface area contributed by atoms with Crippen molar-refractivity contribution < 1.29 is 19.2 Å². The van der Waals surface area contributed by atoms with Crippen LogP contribution in [0.2, 0.25) is 0 Å². The molecule has 6 heteroatoms. The first-order valence-electron chi connectivity index (χ1n) is 6.46. The number of methoxy groups -OCH3 is 1. The van der Waals surface area contributed by atoms with E-state index in [0.29, 0.717) is 5.56 Å². The highest BCUT2D eigenvalue weighted by Gasteiger charge is 2.21. The highest BCUT2D eigenvalue weighted by molar-refractivity contribution is 5.93. The molecule has 1 aliphatic rings. The lowest BCUT2D eigenvalue weighted by Crippen LogP contribution is -2.06. The number of allylic oxidation sites excluding steroid dienone is 4. The number of carbonyl (C=O) groups is 1. The lowest BCUT2D eigenvalue weighted by atomic mass is 10.1. The van der Waals surface area contributed by atoms with Crippen molar-refractivity contribution in [3.8, 4) is 0 Å². The molecule has 0 unspecified atom stereocenters. The van der Waals surface area contributed by atoms with Gasteiger partial charge >= 0.3 is 5.97 Å². The van der Waals surface area contributed by atoms with Crippen molar-refractivity contribution in [2.75, 3.05) is 7.11 Å². The Kier molecular flexibility index (Phi) is 4.71. The minimum atomic E-state index is -0.728. The summed E-state index contributed by atoms with van der Waals surface area (Å²) in [4.78, 5) is 21.9. The quantitative estimate of drug-likeness (QED) is 0.472. The maximum atomic E-state index is 11.5. The molecule has 110 valence electrons. The Labute approximate surface area is 121 Å². The van der Waals surface area contributed by atoms with Crippen LogP contribution in [0.5, 0.6) is 0 Å². The minimum absolute atomic E-state index is 0.0638. The molecule has 1 aromatic carbocycles. The zero-order valence-corrected chi connectivity index (χ0v) is 11.6. The van der Waals surface area contributed by atoms with Gasteiger partial charge in [0.15, 0.2) is 0 Å². The molecule has 1 aromatic rings. The Morgan fingerprint density at radius 2 is 2.24 bits per heavy atom. The molecule has 0 aliphatic heterocycles. The van der Waals surface area contributed by atoms with Crippen molar-refractivity contribution in [1.29, 1.82) is 0 Å². The Morgan fingerprint density at radius 3 is 2.86 bits per heavy atom. The second kappa shape index (κ2) is 6.69. The van der Waals surface area contributed by atoms with Crippen LogP contribution in [0.4, 0.5) is 5.69 Å². The molecule has 6 nitrogen and oxygen atoms in total. The summed E-state index contributed by atoms with van der Waals surface area (Å²) in [5.74, 6) is 0.117. The summed E-state index contributed by atoms with van der Waals surface area (Å²) in [5.41, 5.74) is 0.288. The summed E-state index contributed by atoms with van der Waals surface area (Å²) in [6.07, 6.45) is 7.58. The average Bonchev–Trinajstić information content (AvgIpc) is 2.52. The van der Waals surface area contributed by atoms with Crippen molar-refractivity contribution in [2.45, 2.75) is 19.4 Å². The SMILES string of the molecule is COC(=O)c1ccc(COC2=CC=CCC2)cc1[N+](=O)[O-]. The van der Waals surface area contributed by atoms with Crippen LogP contribution in [0.1, 0.15) is 28.8 Å². The van der Waals surface area contributed by atoms with Gasteiger partial charge in [0.2, 0.25) is 0 Å². The topological polar surface area (TPSA) is 78.7 Å². The van der Waals surface area contributed by atoms with E-state index in [0.717, 1.165) is 18.6 Å². The van der Waals surface area contributed by atoms with Crippen LogP contribution in [0.15, 0.2) is 42.2 Å². The van der Waals surface area contributed by atoms with Gasteiger partial charge in [-0.3, -0.25) is 10.1 Å². The number of esters is 1. The number of ether oxygens (including phenoxy) is 2. The number of rotatable bonds is 5. The summed E-state index contributed by atoms with van der Waals surface area (Å²) in [6.45, 7) is 0.224. The van der Waals surface area contributed by atoms with Gasteiger partial charge in [0, 0.05) is 12.5 Å². The molecule has 0 bridgehead atoms. The van der Waals surface area contributed by atoms with Gasteiger partial charge in [-0.25, -0.2) is 4.79 Å². The molecular formula is C15H15NO5. The number of nitro benzene ring substituents is 1. The fraction of sp³-hybridized carbons (Fsp3) is 0.267. The second-order valence-electron chi connectivity index (χ2n) is 4.49. The van der Waals surface area contributed by atoms with E-state index in [2.05, 4.69) is 4.74 Å². The van der Waals surface area contributed by atoms with Gasteiger partial charge in [-0.05, 0) is 24.1 Å². The van der Waals surface area contributed by atoms with E-state index in [-0.39, 0.29) is 17.9 Å². The van der Waals surface area contributed by atoms with Crippen LogP contribution in [-0.4, -0.2) is 18.0 Å². The molecule has 0 amide bonds. The highest BCUT2D eigenvalue weighted by Crippen LogP contribution is 2.23. The molecule has 0 saturated carbocycles. The van der Waals surface area contributed by atoms with Gasteiger partial charge in [-0.2, -0.15) is 0 Å². The Hall–Kier alpha value is -2.63. The van der Waals surface area contributed by atoms with Crippen LogP contribution >= 0.6 is 0 Å². The van der Waals surface area contributed by atoms with Crippen molar-refractivity contribution in [3.63, 3.8) is 0 Å². The number of benzene rings is 1. The van der Waals surface area contributed by atoms with Crippen molar-refractivity contribution in [3.05, 3.63) is 63.4 Å². The maximum absolute atomic E-state index is 11.5. The summed E-state index contributed by atoms with van der Waals surface area (Å²) in [6, 6.07) is 4.35. The molecule has 21 heavy (non-hydrogen) atoms. The first-order valence-corrected chi connectivity index (χ1v) is 6.46. The molecule has 0 fully saturated rings. The number of carbonyl (C=O) groups excluding carboxylic acids is 1. The van der Waals surface area contributed by atoms with Crippen LogP contribution in [-0.2, 0) is 16.1 Å². The smallest absolute Gasteiger partial charge is 0.344 e. The van der Waals surface area contributed by atoms with E-state index in [1.807, 2.05) is 18.2 Å². The molecule has 0 atom stereocenters. The largest absolute Gasteiger partial charge is 0.493 e. The molecule has 0 saturated heterocycles. The molecule has 0 N–H and O–H groups in total. The third-order valence-electron chi connectivity index (χ3n) is 3.06. The molecule has 0 spiro atoms. The predicted molar refractivity (Wildman–Crippen MR) is 75.7 cm³/mol. The zero-order valence-electron chi connectivity index (χ0n) is 11.6. The Morgan fingerprint density at radius 1 is 1.43 bits per heavy atom. The molecular weight excluding hydrogens is 274 g/mol. The maximum Gasteiger partial charge on any atom is 0.344 e. The summed E-state index contributed by atoms with van der Waals surface area (Å²) in [5, 5.41) is 11.0. The van der Waals surface area contributed by atoms with E-state index >= 15 is 0 Å². The lowest BCUT2D eigenvalue weighted by molar-refractivity contribution is -0.385. The normalized spacial score (nSPS) is 13.5. The minimum Gasteiger partial charge on any atom is -0.493 e. The fourth-order valence-corrected chi connectivity index (χ4v) is 1.98. The van der Waals surface area contributed by atoms with Crippen LogP contribution in [0.25, 0.3) is 0 Å². The second-order valence-corrected chi connectivity index (χ2v) is 4.49. The summed E-state index contributed by atoms with van der Waals surface area (Å²) < 4.78 is 10.1. The number of nitro groups is 1. The van der Waals surface area contributed by atoms with E-state index < -0.39 is 10.9 Å². The number of nitrogens with zero attached hydrogens (tertiary/aromatic N) is 1. The van der Waals surface area contributed by atoms with Gasteiger partial charge in [0.05, 0.1) is 17.8 Å². The van der Waals surface area contributed by atoms with Crippen molar-refractivity contribution >= 4 is 11.7 Å². The van der Waals surface area contributed by atoms with Crippen LogP contribution in [0, 0.1) is 10.1 Å². The lowest BCUT2D eigenvalue weighted by Gasteiger charge is -2.12. The van der Waals surface area contributed by atoms with Gasteiger partial charge in [0.25, 0.3) is 5.69 Å². The van der Waals surface area contributed by atoms with Crippen LogP contribution < -0.4 is 0 Å².